The molecule has 1 rings (SSSR count). The molecule has 0 aliphatic heterocycles. The summed E-state index contributed by atoms with van der Waals surface area (Å²) >= 11 is 9.36. The van der Waals surface area contributed by atoms with Gasteiger partial charge in [0.2, 0.25) is 0 Å². The van der Waals surface area contributed by atoms with Crippen LogP contribution in [0.5, 0.6) is 0 Å². The number of rotatable bonds is 3. The Morgan fingerprint density at radius 3 is 3.00 bits per heavy atom. The number of benzene rings is 1. The zero-order chi connectivity index (χ0) is 9.68. The molecule has 13 heavy (non-hydrogen) atoms. The molecule has 1 N–H and O–H groups in total. The number of likely N-dealkylation sites (N-methyl/N-ethyl adjacent to an activating group) is 1. The zero-order valence-corrected chi connectivity index (χ0v) is 9.69. The Hall–Kier alpha value is -0.310. The normalized spacial score (nSPS) is 11.0. The summed E-state index contributed by atoms with van der Waals surface area (Å²) in [4.78, 5) is 0. The molecule has 0 spiro atoms. The van der Waals surface area contributed by atoms with E-state index in [1.165, 1.54) is 0 Å². The Morgan fingerprint density at radius 2 is 2.31 bits per heavy atom. The second-order valence-electron chi connectivity index (χ2n) is 2.60. The highest BCUT2D eigenvalue weighted by Crippen LogP contribution is 2.26. The van der Waals surface area contributed by atoms with Gasteiger partial charge in [0, 0.05) is 11.0 Å². The Kier molecular flexibility index (Phi) is 4.50. The van der Waals surface area contributed by atoms with Gasteiger partial charge in [0.1, 0.15) is 0 Å². The van der Waals surface area contributed by atoms with E-state index in [-0.39, 0.29) is 0 Å². The lowest BCUT2D eigenvalue weighted by molar-refractivity contribution is 0.922. The number of nitrogens with one attached hydrogen (secondary N) is 1. The van der Waals surface area contributed by atoms with Gasteiger partial charge in [0.05, 0.1) is 5.02 Å². The van der Waals surface area contributed by atoms with E-state index >= 15 is 0 Å². The van der Waals surface area contributed by atoms with Gasteiger partial charge in [-0.1, -0.05) is 35.9 Å². The van der Waals surface area contributed by atoms with E-state index in [0.717, 1.165) is 21.6 Å². The summed E-state index contributed by atoms with van der Waals surface area (Å²) in [7, 11) is 1.91. The largest absolute Gasteiger partial charge is 0.316 e. The van der Waals surface area contributed by atoms with Crippen LogP contribution in [0.25, 0.3) is 6.08 Å². The maximum Gasteiger partial charge on any atom is 0.0554 e. The minimum absolute atomic E-state index is 0.742. The monoisotopic (exact) mass is 259 g/mol. The second-order valence-corrected chi connectivity index (χ2v) is 3.80. The van der Waals surface area contributed by atoms with Crippen LogP contribution in [0, 0.1) is 0 Å². The van der Waals surface area contributed by atoms with Crippen molar-refractivity contribution < 1.29 is 0 Å². The van der Waals surface area contributed by atoms with Gasteiger partial charge < -0.3 is 5.32 Å². The molecule has 1 nitrogen and oxygen atoms in total. The van der Waals surface area contributed by atoms with E-state index in [0.29, 0.717) is 0 Å². The van der Waals surface area contributed by atoms with Crippen LogP contribution in [0.2, 0.25) is 5.02 Å². The fourth-order valence-electron chi connectivity index (χ4n) is 0.953. The van der Waals surface area contributed by atoms with Crippen LogP contribution < -0.4 is 5.32 Å². The summed E-state index contributed by atoms with van der Waals surface area (Å²) in [6, 6.07) is 5.81. The van der Waals surface area contributed by atoms with Crippen molar-refractivity contribution in [2.75, 3.05) is 13.6 Å². The molecule has 0 fully saturated rings. The van der Waals surface area contributed by atoms with Crippen LogP contribution in [0.3, 0.4) is 0 Å². The van der Waals surface area contributed by atoms with E-state index < -0.39 is 0 Å². The molecule has 3 heteroatoms. The van der Waals surface area contributed by atoms with Gasteiger partial charge in [-0.05, 0) is 34.6 Å². The molecule has 1 aromatic rings. The minimum Gasteiger partial charge on any atom is -0.316 e. The first-order chi connectivity index (χ1) is 6.25. The van der Waals surface area contributed by atoms with E-state index in [1.54, 1.807) is 0 Å². The lowest BCUT2D eigenvalue weighted by atomic mass is 10.2. The zero-order valence-electron chi connectivity index (χ0n) is 7.35. The molecule has 0 amide bonds. The average Bonchev–Trinajstić information content (AvgIpc) is 2.13. The second kappa shape index (κ2) is 5.43. The lowest BCUT2D eigenvalue weighted by Crippen LogP contribution is -2.03. The molecule has 0 bridgehead atoms. The van der Waals surface area contributed by atoms with Crippen molar-refractivity contribution in [1.29, 1.82) is 0 Å². The third-order valence-corrected chi connectivity index (χ3v) is 3.03. The van der Waals surface area contributed by atoms with Gasteiger partial charge in [-0.15, -0.1) is 0 Å². The van der Waals surface area contributed by atoms with Gasteiger partial charge in [-0.2, -0.15) is 0 Å². The smallest absolute Gasteiger partial charge is 0.0554 e. The van der Waals surface area contributed by atoms with Crippen molar-refractivity contribution in [1.82, 2.24) is 5.32 Å². The van der Waals surface area contributed by atoms with Gasteiger partial charge in [0.15, 0.2) is 0 Å². The quantitative estimate of drug-likeness (QED) is 0.879. The van der Waals surface area contributed by atoms with Crippen LogP contribution >= 0.6 is 27.5 Å². The number of halogens is 2. The van der Waals surface area contributed by atoms with Crippen LogP contribution in [-0.2, 0) is 0 Å². The highest BCUT2D eigenvalue weighted by atomic mass is 79.9. The van der Waals surface area contributed by atoms with Crippen molar-refractivity contribution in [2.24, 2.45) is 0 Å². The standard InChI is InChI=1S/C10H11BrClN/c1-13-7-3-5-8-4-2-6-9(12)10(8)11/h2-6,13H,7H2,1H3. The highest BCUT2D eigenvalue weighted by Gasteiger charge is 1.98. The molecule has 0 aliphatic carbocycles. The molecule has 0 saturated heterocycles. The summed E-state index contributed by atoms with van der Waals surface area (Å²) < 4.78 is 0.948. The van der Waals surface area contributed by atoms with E-state index in [2.05, 4.69) is 27.3 Å². The Balaban J connectivity index is 2.83. The first-order valence-electron chi connectivity index (χ1n) is 4.01. The molecule has 0 aliphatic rings. The van der Waals surface area contributed by atoms with Crippen molar-refractivity contribution in [3.8, 4) is 0 Å². The van der Waals surface area contributed by atoms with Crippen LogP contribution in [0.15, 0.2) is 28.7 Å². The summed E-state index contributed by atoms with van der Waals surface area (Å²) in [5, 5.41) is 3.78. The molecule has 70 valence electrons. The summed E-state index contributed by atoms with van der Waals surface area (Å²) in [6.45, 7) is 0.860. The van der Waals surface area contributed by atoms with E-state index in [4.69, 9.17) is 11.6 Å². The first kappa shape index (κ1) is 10.8. The minimum atomic E-state index is 0.742. The first-order valence-corrected chi connectivity index (χ1v) is 5.18. The van der Waals surface area contributed by atoms with Gasteiger partial charge >= 0.3 is 0 Å². The maximum absolute atomic E-state index is 5.93. The fraction of sp³-hybridized carbons (Fsp3) is 0.200. The van der Waals surface area contributed by atoms with Gasteiger partial charge in [0.25, 0.3) is 0 Å². The summed E-state index contributed by atoms with van der Waals surface area (Å²) in [5.41, 5.74) is 1.10. The third-order valence-electron chi connectivity index (χ3n) is 1.60. The van der Waals surface area contributed by atoms with Crippen molar-refractivity contribution in [2.45, 2.75) is 0 Å². The van der Waals surface area contributed by atoms with E-state index in [9.17, 15) is 0 Å². The molecule has 0 heterocycles. The molecular formula is C10H11BrClN. The van der Waals surface area contributed by atoms with Crippen molar-refractivity contribution in [3.05, 3.63) is 39.3 Å². The topological polar surface area (TPSA) is 12.0 Å². The summed E-state index contributed by atoms with van der Waals surface area (Å²) in [6.07, 6.45) is 4.09. The predicted octanol–water partition coefficient (Wildman–Crippen LogP) is 3.34. The maximum atomic E-state index is 5.93. The van der Waals surface area contributed by atoms with Gasteiger partial charge in [-0.3, -0.25) is 0 Å². The van der Waals surface area contributed by atoms with Crippen molar-refractivity contribution >= 4 is 33.6 Å². The summed E-state index contributed by atoms with van der Waals surface area (Å²) in [5.74, 6) is 0. The molecule has 0 saturated carbocycles. The number of hydrogen-bond acceptors (Lipinski definition) is 1. The average molecular weight is 261 g/mol. The van der Waals surface area contributed by atoms with Crippen LogP contribution in [0.4, 0.5) is 0 Å². The molecule has 0 atom stereocenters. The molecule has 1 aromatic carbocycles. The van der Waals surface area contributed by atoms with Crippen LogP contribution in [0.1, 0.15) is 5.56 Å². The fourth-order valence-corrected chi connectivity index (χ4v) is 1.53. The third kappa shape index (κ3) is 3.14. The Bertz CT molecular complexity index is 310. The lowest BCUT2D eigenvalue weighted by Gasteiger charge is -1.99. The Labute approximate surface area is 91.9 Å². The molecule has 0 unspecified atom stereocenters. The predicted molar refractivity (Wildman–Crippen MR) is 62.1 cm³/mol. The van der Waals surface area contributed by atoms with Gasteiger partial charge in [-0.25, -0.2) is 0 Å². The molecule has 0 radical (unpaired) electrons. The molecule has 0 aromatic heterocycles. The highest BCUT2D eigenvalue weighted by molar-refractivity contribution is 9.10. The van der Waals surface area contributed by atoms with Crippen LogP contribution in [-0.4, -0.2) is 13.6 Å². The van der Waals surface area contributed by atoms with Crippen molar-refractivity contribution in [3.63, 3.8) is 0 Å². The molecular weight excluding hydrogens is 249 g/mol. The Morgan fingerprint density at radius 1 is 1.54 bits per heavy atom. The SMILES string of the molecule is CNCC=Cc1cccc(Cl)c1Br. The van der Waals surface area contributed by atoms with E-state index in [1.807, 2.05) is 31.3 Å². The number of hydrogen-bond donors (Lipinski definition) is 1.